The molecular weight excluding hydrogens is 378 g/mol. The van der Waals surface area contributed by atoms with Crippen molar-refractivity contribution in [1.29, 1.82) is 0 Å². The van der Waals surface area contributed by atoms with Gasteiger partial charge in [-0.05, 0) is 48.2 Å². The molecule has 2 aromatic carbocycles. The van der Waals surface area contributed by atoms with Gasteiger partial charge in [0.15, 0.2) is 11.0 Å². The largest absolute Gasteiger partial charge is 0.486 e. The van der Waals surface area contributed by atoms with Gasteiger partial charge in [0.25, 0.3) is 0 Å². The topological polar surface area (TPSA) is 39.9 Å². The molecule has 0 aliphatic carbocycles. The lowest BCUT2D eigenvalue weighted by Gasteiger charge is -2.10. The van der Waals surface area contributed by atoms with Crippen molar-refractivity contribution in [2.75, 3.05) is 0 Å². The monoisotopic (exact) mass is 401 g/mol. The van der Waals surface area contributed by atoms with Gasteiger partial charge in [-0.25, -0.2) is 0 Å². The van der Waals surface area contributed by atoms with E-state index in [-0.39, 0.29) is 0 Å². The molecule has 0 saturated carbocycles. The summed E-state index contributed by atoms with van der Waals surface area (Å²) in [7, 11) is 0. The summed E-state index contributed by atoms with van der Waals surface area (Å²) >= 11 is 7.61. The van der Waals surface area contributed by atoms with Gasteiger partial charge in [0.2, 0.25) is 0 Å². The summed E-state index contributed by atoms with van der Waals surface area (Å²) < 4.78 is 8.01. The van der Waals surface area contributed by atoms with Crippen LogP contribution in [0.15, 0.2) is 53.7 Å². The zero-order valence-electron chi connectivity index (χ0n) is 15.9. The maximum atomic E-state index is 5.94. The lowest BCUT2D eigenvalue weighted by atomic mass is 10.0. The predicted octanol–water partition coefficient (Wildman–Crippen LogP) is 5.95. The van der Waals surface area contributed by atoms with E-state index in [0.29, 0.717) is 12.5 Å². The summed E-state index contributed by atoms with van der Waals surface area (Å²) in [5.41, 5.74) is 2.51. The highest BCUT2D eigenvalue weighted by molar-refractivity contribution is 7.98. The summed E-state index contributed by atoms with van der Waals surface area (Å²) in [6.07, 6.45) is 0. The van der Waals surface area contributed by atoms with Crippen molar-refractivity contribution in [1.82, 2.24) is 14.8 Å². The van der Waals surface area contributed by atoms with E-state index in [1.54, 1.807) is 11.8 Å². The van der Waals surface area contributed by atoms with Crippen molar-refractivity contribution in [3.05, 3.63) is 70.5 Å². The van der Waals surface area contributed by atoms with Gasteiger partial charge in [-0.15, -0.1) is 10.2 Å². The van der Waals surface area contributed by atoms with E-state index >= 15 is 0 Å². The van der Waals surface area contributed by atoms with E-state index in [9.17, 15) is 0 Å². The van der Waals surface area contributed by atoms with Crippen LogP contribution in [0.4, 0.5) is 0 Å². The molecule has 0 N–H and O–H groups in total. The molecule has 0 atom stereocenters. The molecule has 0 unspecified atom stereocenters. The van der Waals surface area contributed by atoms with E-state index in [0.717, 1.165) is 34.1 Å². The zero-order valence-corrected chi connectivity index (χ0v) is 17.4. The first kappa shape index (κ1) is 19.8. The number of thioether (sulfide) groups is 1. The summed E-state index contributed by atoms with van der Waals surface area (Å²) in [6, 6.07) is 16.1. The summed E-state index contributed by atoms with van der Waals surface area (Å²) in [6.45, 7) is 7.67. The highest BCUT2D eigenvalue weighted by Crippen LogP contribution is 2.24. The van der Waals surface area contributed by atoms with Gasteiger partial charge in [0, 0.05) is 17.3 Å². The lowest BCUT2D eigenvalue weighted by Crippen LogP contribution is -2.07. The second kappa shape index (κ2) is 9.29. The van der Waals surface area contributed by atoms with E-state index < -0.39 is 0 Å². The number of ether oxygens (including phenoxy) is 1. The van der Waals surface area contributed by atoms with Crippen LogP contribution in [0.5, 0.6) is 5.75 Å². The third-order valence-corrected chi connectivity index (χ3v) is 5.60. The van der Waals surface area contributed by atoms with E-state index in [4.69, 9.17) is 16.3 Å². The zero-order chi connectivity index (χ0) is 19.2. The molecular formula is C21H24ClN3OS. The molecule has 6 heteroatoms. The van der Waals surface area contributed by atoms with Gasteiger partial charge in [0.1, 0.15) is 12.4 Å². The van der Waals surface area contributed by atoms with Crippen LogP contribution in [0.25, 0.3) is 0 Å². The Morgan fingerprint density at radius 3 is 2.37 bits per heavy atom. The Labute approximate surface area is 169 Å². The number of rotatable bonds is 8. The molecule has 4 nitrogen and oxygen atoms in total. The molecule has 3 rings (SSSR count). The predicted molar refractivity (Wildman–Crippen MR) is 112 cm³/mol. The summed E-state index contributed by atoms with van der Waals surface area (Å²) in [4.78, 5) is 0. The van der Waals surface area contributed by atoms with Crippen molar-refractivity contribution in [3.8, 4) is 5.75 Å². The van der Waals surface area contributed by atoms with Crippen LogP contribution in [-0.2, 0) is 18.9 Å². The third-order valence-electron chi connectivity index (χ3n) is 4.31. The fourth-order valence-electron chi connectivity index (χ4n) is 2.68. The first-order valence-electron chi connectivity index (χ1n) is 9.09. The van der Waals surface area contributed by atoms with Crippen molar-refractivity contribution >= 4 is 23.4 Å². The maximum Gasteiger partial charge on any atom is 0.191 e. The van der Waals surface area contributed by atoms with Crippen molar-refractivity contribution < 1.29 is 4.74 Å². The van der Waals surface area contributed by atoms with Crippen LogP contribution in [-0.4, -0.2) is 14.8 Å². The van der Waals surface area contributed by atoms with Gasteiger partial charge in [-0.3, -0.25) is 0 Å². The molecule has 3 aromatic rings. The van der Waals surface area contributed by atoms with Crippen LogP contribution in [0, 0.1) is 0 Å². The molecule has 142 valence electrons. The normalized spacial score (nSPS) is 11.1. The van der Waals surface area contributed by atoms with Crippen LogP contribution >= 0.6 is 23.4 Å². The van der Waals surface area contributed by atoms with Crippen molar-refractivity contribution in [2.24, 2.45) is 0 Å². The van der Waals surface area contributed by atoms with Crippen LogP contribution in [0.1, 0.15) is 43.6 Å². The second-order valence-electron chi connectivity index (χ2n) is 6.57. The van der Waals surface area contributed by atoms with Gasteiger partial charge < -0.3 is 9.30 Å². The maximum absolute atomic E-state index is 5.94. The van der Waals surface area contributed by atoms with Crippen LogP contribution in [0.2, 0.25) is 5.02 Å². The van der Waals surface area contributed by atoms with Crippen molar-refractivity contribution in [2.45, 2.75) is 50.8 Å². The Morgan fingerprint density at radius 2 is 1.74 bits per heavy atom. The van der Waals surface area contributed by atoms with Crippen molar-refractivity contribution in [3.63, 3.8) is 0 Å². The highest BCUT2D eigenvalue weighted by atomic mass is 35.5. The number of nitrogens with zero attached hydrogens (tertiary/aromatic N) is 3. The first-order chi connectivity index (χ1) is 13.1. The summed E-state index contributed by atoms with van der Waals surface area (Å²) in [5, 5.41) is 10.3. The molecule has 27 heavy (non-hydrogen) atoms. The molecule has 0 spiro atoms. The number of hydrogen-bond donors (Lipinski definition) is 0. The Kier molecular flexibility index (Phi) is 6.80. The first-order valence-corrected chi connectivity index (χ1v) is 10.4. The van der Waals surface area contributed by atoms with E-state index in [2.05, 4.69) is 47.7 Å². The molecule has 0 aliphatic heterocycles. The molecule has 0 aliphatic rings. The fourth-order valence-corrected chi connectivity index (χ4v) is 3.78. The van der Waals surface area contributed by atoms with Crippen LogP contribution in [0.3, 0.4) is 0 Å². The quantitative estimate of drug-likeness (QED) is 0.437. The molecule has 0 saturated heterocycles. The Hall–Kier alpha value is -1.98. The van der Waals surface area contributed by atoms with E-state index in [1.807, 2.05) is 36.4 Å². The molecule has 0 fully saturated rings. The highest BCUT2D eigenvalue weighted by Gasteiger charge is 2.12. The number of halogens is 1. The summed E-state index contributed by atoms with van der Waals surface area (Å²) in [5.74, 6) is 3.03. The number of hydrogen-bond acceptors (Lipinski definition) is 4. The number of aromatic nitrogens is 3. The SMILES string of the molecule is CCn1c(COc2ccc(C(C)C)cc2)nnc1SCc1ccc(Cl)cc1. The average Bonchev–Trinajstić information content (AvgIpc) is 3.08. The molecule has 0 bridgehead atoms. The minimum atomic E-state index is 0.406. The molecule has 0 radical (unpaired) electrons. The van der Waals surface area contributed by atoms with Gasteiger partial charge in [-0.2, -0.15) is 0 Å². The van der Waals surface area contributed by atoms with Gasteiger partial charge in [0.05, 0.1) is 0 Å². The molecule has 1 heterocycles. The van der Waals surface area contributed by atoms with Gasteiger partial charge in [-0.1, -0.05) is 61.5 Å². The van der Waals surface area contributed by atoms with Crippen LogP contribution < -0.4 is 4.74 Å². The fraction of sp³-hybridized carbons (Fsp3) is 0.333. The number of benzene rings is 2. The standard InChI is InChI=1S/C21H24ClN3OS/c1-4-25-20(13-26-19-11-7-17(8-12-19)15(2)3)23-24-21(25)27-14-16-5-9-18(22)10-6-16/h5-12,15H,4,13-14H2,1-3H3. The van der Waals surface area contributed by atoms with E-state index in [1.165, 1.54) is 11.1 Å². The molecule has 1 aromatic heterocycles. The van der Waals surface area contributed by atoms with Gasteiger partial charge >= 0.3 is 0 Å². The average molecular weight is 402 g/mol. The Morgan fingerprint density at radius 1 is 1.04 bits per heavy atom. The minimum absolute atomic E-state index is 0.406. The lowest BCUT2D eigenvalue weighted by molar-refractivity contribution is 0.288. The Balaban J connectivity index is 1.62. The smallest absolute Gasteiger partial charge is 0.191 e. The Bertz CT molecular complexity index is 860. The second-order valence-corrected chi connectivity index (χ2v) is 7.95. The minimum Gasteiger partial charge on any atom is -0.486 e. The molecule has 0 amide bonds. The third kappa shape index (κ3) is 5.27.